The Balaban J connectivity index is 1.64. The first-order valence-corrected chi connectivity index (χ1v) is 8.41. The molecule has 1 N–H and O–H groups in total. The van der Waals surface area contributed by atoms with Crippen LogP contribution in [0, 0.1) is 6.92 Å². The third-order valence-corrected chi connectivity index (χ3v) is 5.39. The minimum atomic E-state index is -1.02. The smallest absolute Gasteiger partial charge is 0.372 e. The maximum absolute atomic E-state index is 11.4. The fraction of sp³-hybridized carbons (Fsp3) is 0.316. The maximum atomic E-state index is 11.4. The Morgan fingerprint density at radius 3 is 2.92 bits per heavy atom. The van der Waals surface area contributed by atoms with Crippen LogP contribution in [-0.2, 0) is 18.4 Å². The van der Waals surface area contributed by atoms with Crippen LogP contribution in [0.4, 0.5) is 0 Å². The van der Waals surface area contributed by atoms with Crippen molar-refractivity contribution in [3.63, 3.8) is 0 Å². The summed E-state index contributed by atoms with van der Waals surface area (Å²) in [6.07, 6.45) is 6.83. The highest BCUT2D eigenvalue weighted by atomic mass is 16.4. The molecule has 6 nitrogen and oxygen atoms in total. The number of fused-ring (bicyclic) bond motifs is 4. The van der Waals surface area contributed by atoms with Crippen LogP contribution in [0.2, 0.25) is 0 Å². The molecule has 0 saturated heterocycles. The van der Waals surface area contributed by atoms with Crippen LogP contribution < -0.4 is 0 Å². The summed E-state index contributed by atoms with van der Waals surface area (Å²) in [7, 11) is 0. The van der Waals surface area contributed by atoms with Gasteiger partial charge < -0.3 is 9.52 Å². The molecule has 3 heterocycles. The normalized spacial score (nSPS) is 16.5. The van der Waals surface area contributed by atoms with Gasteiger partial charge in [-0.3, -0.25) is 9.67 Å². The van der Waals surface area contributed by atoms with Crippen LogP contribution in [0.1, 0.15) is 46.0 Å². The molecule has 0 radical (unpaired) electrons. The van der Waals surface area contributed by atoms with Crippen LogP contribution in [0.15, 0.2) is 35.0 Å². The molecule has 0 unspecified atom stereocenters. The lowest BCUT2D eigenvalue weighted by atomic mass is 9.82. The molecule has 0 amide bonds. The minimum Gasteiger partial charge on any atom is -0.475 e. The van der Waals surface area contributed by atoms with Gasteiger partial charge in [-0.15, -0.1) is 0 Å². The van der Waals surface area contributed by atoms with Crippen molar-refractivity contribution >= 4 is 5.97 Å². The first kappa shape index (κ1) is 14.5. The summed E-state index contributed by atoms with van der Waals surface area (Å²) >= 11 is 0. The van der Waals surface area contributed by atoms with Crippen molar-refractivity contribution in [3.05, 3.63) is 58.9 Å². The zero-order valence-electron chi connectivity index (χ0n) is 13.8. The standard InChI is InChI=1S/C19H17N3O3/c1-11-15-14(25-17(11)18(23)24)8-19(5-6-19)13-10-22(21-16(13)15)9-12-4-2-3-7-20-12/h2-4,7,10H,5-6,8-9H2,1H3,(H,23,24). The predicted octanol–water partition coefficient (Wildman–Crippen LogP) is 3.18. The van der Waals surface area contributed by atoms with Crippen molar-refractivity contribution < 1.29 is 14.3 Å². The second-order valence-corrected chi connectivity index (χ2v) is 7.03. The molecule has 6 heteroatoms. The number of pyridine rings is 1. The number of nitrogens with zero attached hydrogens (tertiary/aromatic N) is 3. The SMILES string of the molecule is Cc1c(C(=O)O)oc2c1-c1nn(Cc3ccccn3)cc1C1(CC1)C2. The number of hydrogen-bond donors (Lipinski definition) is 1. The largest absolute Gasteiger partial charge is 0.475 e. The second-order valence-electron chi connectivity index (χ2n) is 7.03. The zero-order chi connectivity index (χ0) is 17.2. The van der Waals surface area contributed by atoms with Crippen molar-refractivity contribution in [2.45, 2.75) is 38.1 Å². The van der Waals surface area contributed by atoms with Gasteiger partial charge in [0, 0.05) is 40.9 Å². The summed E-state index contributed by atoms with van der Waals surface area (Å²) in [5.74, 6) is -0.220. The molecule has 3 aromatic rings. The van der Waals surface area contributed by atoms with E-state index in [4.69, 9.17) is 9.52 Å². The van der Waals surface area contributed by atoms with Gasteiger partial charge in [0.2, 0.25) is 5.76 Å². The van der Waals surface area contributed by atoms with Crippen molar-refractivity contribution in [1.29, 1.82) is 0 Å². The summed E-state index contributed by atoms with van der Waals surface area (Å²) in [4.78, 5) is 15.8. The summed E-state index contributed by atoms with van der Waals surface area (Å²) in [6.45, 7) is 2.40. The lowest BCUT2D eigenvalue weighted by Crippen LogP contribution is -2.15. The highest BCUT2D eigenvalue weighted by molar-refractivity contribution is 5.90. The molecule has 3 aromatic heterocycles. The third kappa shape index (κ3) is 2.06. The molecular formula is C19H17N3O3. The number of carboxylic acids is 1. The second kappa shape index (κ2) is 4.81. The van der Waals surface area contributed by atoms with Crippen molar-refractivity contribution in [1.82, 2.24) is 14.8 Å². The molecule has 0 bridgehead atoms. The molecular weight excluding hydrogens is 318 g/mol. The molecule has 1 saturated carbocycles. The van der Waals surface area contributed by atoms with E-state index in [0.29, 0.717) is 12.1 Å². The third-order valence-electron chi connectivity index (χ3n) is 5.39. The quantitative estimate of drug-likeness (QED) is 0.795. The average Bonchev–Trinajstić information content (AvgIpc) is 3.09. The molecule has 2 aliphatic carbocycles. The number of carbonyl (C=O) groups is 1. The van der Waals surface area contributed by atoms with Crippen LogP contribution >= 0.6 is 0 Å². The van der Waals surface area contributed by atoms with Gasteiger partial charge in [-0.2, -0.15) is 5.10 Å². The van der Waals surface area contributed by atoms with Crippen molar-refractivity contribution in [2.75, 3.05) is 0 Å². The highest BCUT2D eigenvalue weighted by Gasteiger charge is 2.52. The van der Waals surface area contributed by atoms with Crippen LogP contribution in [0.5, 0.6) is 0 Å². The molecule has 126 valence electrons. The van der Waals surface area contributed by atoms with Gasteiger partial charge in [0.05, 0.1) is 17.9 Å². The van der Waals surface area contributed by atoms with Crippen molar-refractivity contribution in [3.8, 4) is 11.3 Å². The monoisotopic (exact) mass is 335 g/mol. The summed E-state index contributed by atoms with van der Waals surface area (Å²) < 4.78 is 7.61. The zero-order valence-corrected chi connectivity index (χ0v) is 13.8. The number of aromatic carboxylic acids is 1. The number of rotatable bonds is 3. The highest BCUT2D eigenvalue weighted by Crippen LogP contribution is 2.58. The fourth-order valence-corrected chi connectivity index (χ4v) is 3.94. The van der Waals surface area contributed by atoms with E-state index in [-0.39, 0.29) is 11.2 Å². The van der Waals surface area contributed by atoms with E-state index in [0.717, 1.165) is 42.0 Å². The Morgan fingerprint density at radius 2 is 2.24 bits per heavy atom. The predicted molar refractivity (Wildman–Crippen MR) is 89.6 cm³/mol. The number of aromatic nitrogens is 3. The molecule has 0 aliphatic heterocycles. The molecule has 2 aliphatic rings. The van der Waals surface area contributed by atoms with Gasteiger partial charge in [-0.25, -0.2) is 4.79 Å². The lowest BCUT2D eigenvalue weighted by molar-refractivity contribution is 0.0659. The Morgan fingerprint density at radius 1 is 1.40 bits per heavy atom. The lowest BCUT2D eigenvalue weighted by Gasteiger charge is -2.19. The average molecular weight is 335 g/mol. The molecule has 1 fully saturated rings. The van der Waals surface area contributed by atoms with Crippen molar-refractivity contribution in [2.24, 2.45) is 0 Å². The van der Waals surface area contributed by atoms with Gasteiger partial charge in [0.25, 0.3) is 0 Å². The first-order chi connectivity index (χ1) is 12.1. The summed E-state index contributed by atoms with van der Waals surface area (Å²) in [5, 5.41) is 14.2. The Labute approximate surface area is 144 Å². The summed E-state index contributed by atoms with van der Waals surface area (Å²) in [5.41, 5.74) is 4.65. The molecule has 25 heavy (non-hydrogen) atoms. The van der Waals surface area contributed by atoms with Gasteiger partial charge >= 0.3 is 5.97 Å². The summed E-state index contributed by atoms with van der Waals surface area (Å²) in [6, 6.07) is 5.83. The van der Waals surface area contributed by atoms with Gasteiger partial charge in [-0.1, -0.05) is 6.07 Å². The number of carboxylic acid groups (broad SMARTS) is 1. The van der Waals surface area contributed by atoms with Gasteiger partial charge in [0.1, 0.15) is 5.76 Å². The van der Waals surface area contributed by atoms with E-state index in [1.54, 1.807) is 13.1 Å². The number of hydrogen-bond acceptors (Lipinski definition) is 4. The fourth-order valence-electron chi connectivity index (χ4n) is 3.94. The topological polar surface area (TPSA) is 81.1 Å². The molecule has 1 spiro atoms. The Bertz CT molecular complexity index is 997. The van der Waals surface area contributed by atoms with E-state index < -0.39 is 5.97 Å². The van der Waals surface area contributed by atoms with Crippen LogP contribution in [0.3, 0.4) is 0 Å². The van der Waals surface area contributed by atoms with E-state index in [1.165, 1.54) is 5.56 Å². The Hall–Kier alpha value is -2.89. The van der Waals surface area contributed by atoms with E-state index in [2.05, 4.69) is 11.2 Å². The number of furan rings is 1. The van der Waals surface area contributed by atoms with Gasteiger partial charge in [-0.05, 0) is 31.9 Å². The van der Waals surface area contributed by atoms with Gasteiger partial charge in [0.15, 0.2) is 0 Å². The molecule has 0 atom stereocenters. The Kier molecular flexibility index (Phi) is 2.78. The molecule has 5 rings (SSSR count). The minimum absolute atomic E-state index is 0.0351. The van der Waals surface area contributed by atoms with E-state index in [1.807, 2.05) is 22.9 Å². The van der Waals surface area contributed by atoms with E-state index in [9.17, 15) is 9.90 Å². The maximum Gasteiger partial charge on any atom is 0.372 e. The molecule has 0 aromatic carbocycles. The van der Waals surface area contributed by atoms with E-state index >= 15 is 0 Å². The van der Waals surface area contributed by atoms with Crippen LogP contribution in [-0.4, -0.2) is 25.8 Å². The first-order valence-electron chi connectivity index (χ1n) is 8.41. The van der Waals surface area contributed by atoms with Crippen LogP contribution in [0.25, 0.3) is 11.3 Å².